The van der Waals surface area contributed by atoms with Crippen LogP contribution in [0.3, 0.4) is 0 Å². The molecule has 1 heterocycles. The van der Waals surface area contributed by atoms with Crippen molar-refractivity contribution < 1.29 is 14.3 Å². The van der Waals surface area contributed by atoms with Crippen LogP contribution in [-0.4, -0.2) is 25.1 Å². The molecule has 0 spiro atoms. The predicted molar refractivity (Wildman–Crippen MR) is 89.0 cm³/mol. The highest BCUT2D eigenvalue weighted by atomic mass is 32.1. The first-order valence-corrected chi connectivity index (χ1v) is 7.89. The van der Waals surface area contributed by atoms with Crippen LogP contribution in [0.25, 0.3) is 11.3 Å². The zero-order chi connectivity index (χ0) is 16.1. The molecule has 6 heteroatoms. The maximum Gasteiger partial charge on any atom is 0.223 e. The van der Waals surface area contributed by atoms with Gasteiger partial charge >= 0.3 is 0 Å². The molecule has 5 nitrogen and oxygen atoms in total. The number of amides is 1. The van der Waals surface area contributed by atoms with E-state index >= 15 is 0 Å². The molecule has 1 amide bonds. The number of hydrogen-bond donors (Lipinski definition) is 1. The highest BCUT2D eigenvalue weighted by Gasteiger charge is 2.15. The quantitative estimate of drug-likeness (QED) is 0.881. The van der Waals surface area contributed by atoms with Crippen molar-refractivity contribution in [1.29, 1.82) is 0 Å². The average Bonchev–Trinajstić information content (AvgIpc) is 2.88. The van der Waals surface area contributed by atoms with E-state index in [-0.39, 0.29) is 5.91 Å². The fraction of sp³-hybridized carbons (Fsp3) is 0.375. The number of methoxy groups -OCH3 is 2. The lowest BCUT2D eigenvalue weighted by atomic mass is 10.1. The SMILES string of the molecule is CCCc1sc(NC(C)=O)nc1-c1cc(OC)cc(OC)c1. The summed E-state index contributed by atoms with van der Waals surface area (Å²) in [6, 6.07) is 5.67. The molecule has 1 N–H and O–H groups in total. The number of carbonyl (C=O) groups is 1. The Morgan fingerprint density at radius 3 is 2.36 bits per heavy atom. The largest absolute Gasteiger partial charge is 0.497 e. The number of anilines is 1. The van der Waals surface area contributed by atoms with E-state index in [4.69, 9.17) is 9.47 Å². The van der Waals surface area contributed by atoms with Crippen LogP contribution >= 0.6 is 11.3 Å². The summed E-state index contributed by atoms with van der Waals surface area (Å²) in [5.74, 6) is 1.31. The number of hydrogen-bond acceptors (Lipinski definition) is 5. The fourth-order valence-corrected chi connectivity index (χ4v) is 3.25. The number of ether oxygens (including phenoxy) is 2. The van der Waals surface area contributed by atoms with Gasteiger partial charge in [0.2, 0.25) is 5.91 Å². The van der Waals surface area contributed by atoms with E-state index in [1.54, 1.807) is 14.2 Å². The second kappa shape index (κ2) is 7.26. The van der Waals surface area contributed by atoms with E-state index in [1.807, 2.05) is 18.2 Å². The first-order chi connectivity index (χ1) is 10.6. The van der Waals surface area contributed by atoms with Gasteiger partial charge < -0.3 is 14.8 Å². The molecule has 0 saturated carbocycles. The maximum absolute atomic E-state index is 11.2. The minimum Gasteiger partial charge on any atom is -0.497 e. The topological polar surface area (TPSA) is 60.5 Å². The average molecular weight is 320 g/mol. The molecule has 1 aromatic carbocycles. The molecule has 22 heavy (non-hydrogen) atoms. The third kappa shape index (κ3) is 3.76. The molecule has 0 unspecified atom stereocenters. The Labute approximate surface area is 134 Å². The normalized spacial score (nSPS) is 10.4. The van der Waals surface area contributed by atoms with E-state index in [0.717, 1.165) is 29.0 Å². The van der Waals surface area contributed by atoms with Crippen LogP contribution in [0.5, 0.6) is 11.5 Å². The Balaban J connectivity index is 2.49. The van der Waals surface area contributed by atoms with Crippen molar-refractivity contribution in [3.63, 3.8) is 0 Å². The van der Waals surface area contributed by atoms with Gasteiger partial charge in [-0.15, -0.1) is 11.3 Å². The molecule has 0 bridgehead atoms. The number of aryl methyl sites for hydroxylation is 1. The van der Waals surface area contributed by atoms with Gasteiger partial charge in [-0.1, -0.05) is 13.3 Å². The molecule has 0 aliphatic heterocycles. The Morgan fingerprint density at radius 2 is 1.86 bits per heavy atom. The number of carbonyl (C=O) groups excluding carboxylic acids is 1. The molecule has 0 atom stereocenters. The fourth-order valence-electron chi connectivity index (χ4n) is 2.12. The summed E-state index contributed by atoms with van der Waals surface area (Å²) >= 11 is 1.51. The number of benzene rings is 1. The van der Waals surface area contributed by atoms with Crippen molar-refractivity contribution in [2.24, 2.45) is 0 Å². The summed E-state index contributed by atoms with van der Waals surface area (Å²) in [6.07, 6.45) is 1.92. The minimum atomic E-state index is -0.119. The van der Waals surface area contributed by atoms with E-state index in [0.29, 0.717) is 16.6 Å². The summed E-state index contributed by atoms with van der Waals surface area (Å²) in [7, 11) is 3.24. The number of nitrogens with one attached hydrogen (secondary N) is 1. The van der Waals surface area contributed by atoms with Crippen LogP contribution in [-0.2, 0) is 11.2 Å². The first kappa shape index (κ1) is 16.3. The zero-order valence-corrected chi connectivity index (χ0v) is 14.0. The molecular formula is C16H20N2O3S. The lowest BCUT2D eigenvalue weighted by Gasteiger charge is -2.08. The zero-order valence-electron chi connectivity index (χ0n) is 13.2. The second-order valence-corrected chi connectivity index (χ2v) is 5.91. The molecular weight excluding hydrogens is 300 g/mol. The molecule has 0 aliphatic rings. The van der Waals surface area contributed by atoms with Gasteiger partial charge in [0.1, 0.15) is 11.5 Å². The number of nitrogens with zero attached hydrogens (tertiary/aromatic N) is 1. The van der Waals surface area contributed by atoms with Crippen molar-refractivity contribution in [3.05, 3.63) is 23.1 Å². The van der Waals surface area contributed by atoms with Gasteiger partial charge in [-0.2, -0.15) is 0 Å². The van der Waals surface area contributed by atoms with Crippen LogP contribution in [0.15, 0.2) is 18.2 Å². The number of aromatic nitrogens is 1. The van der Waals surface area contributed by atoms with Crippen molar-refractivity contribution in [2.75, 3.05) is 19.5 Å². The van der Waals surface area contributed by atoms with Crippen molar-refractivity contribution in [2.45, 2.75) is 26.7 Å². The monoisotopic (exact) mass is 320 g/mol. The van der Waals surface area contributed by atoms with Crippen molar-refractivity contribution >= 4 is 22.4 Å². The van der Waals surface area contributed by atoms with Gasteiger partial charge in [0.05, 0.1) is 19.9 Å². The smallest absolute Gasteiger partial charge is 0.223 e. The summed E-state index contributed by atoms with van der Waals surface area (Å²) in [5.41, 5.74) is 1.79. The van der Waals surface area contributed by atoms with Gasteiger partial charge in [-0.3, -0.25) is 4.79 Å². The second-order valence-electron chi connectivity index (χ2n) is 4.82. The highest BCUT2D eigenvalue weighted by Crippen LogP contribution is 2.36. The standard InChI is InChI=1S/C16H20N2O3S/c1-5-6-14-15(18-16(22-14)17-10(2)19)11-7-12(20-3)9-13(8-11)21-4/h7-9H,5-6H2,1-4H3,(H,17,18,19). The van der Waals surface area contributed by atoms with E-state index in [1.165, 1.54) is 18.3 Å². The summed E-state index contributed by atoms with van der Waals surface area (Å²) in [4.78, 5) is 17.0. The Morgan fingerprint density at radius 1 is 1.23 bits per heavy atom. The third-order valence-corrected chi connectivity index (χ3v) is 4.11. The van der Waals surface area contributed by atoms with Crippen LogP contribution in [0.4, 0.5) is 5.13 Å². The molecule has 0 radical (unpaired) electrons. The van der Waals surface area contributed by atoms with E-state index in [9.17, 15) is 4.79 Å². The third-order valence-electron chi connectivity index (χ3n) is 3.08. The van der Waals surface area contributed by atoms with E-state index in [2.05, 4.69) is 17.2 Å². The van der Waals surface area contributed by atoms with Gasteiger partial charge in [0.15, 0.2) is 5.13 Å². The summed E-state index contributed by atoms with van der Waals surface area (Å²) in [6.45, 7) is 3.60. The van der Waals surface area contributed by atoms with Crippen LogP contribution in [0, 0.1) is 0 Å². The maximum atomic E-state index is 11.2. The molecule has 0 fully saturated rings. The van der Waals surface area contributed by atoms with Gasteiger partial charge in [0.25, 0.3) is 0 Å². The summed E-state index contributed by atoms with van der Waals surface area (Å²) in [5, 5.41) is 3.38. The number of thiazole rings is 1. The van der Waals surface area contributed by atoms with Crippen LogP contribution in [0.1, 0.15) is 25.1 Å². The lowest BCUT2D eigenvalue weighted by Crippen LogP contribution is -2.04. The molecule has 118 valence electrons. The molecule has 0 aliphatic carbocycles. The highest BCUT2D eigenvalue weighted by molar-refractivity contribution is 7.16. The predicted octanol–water partition coefficient (Wildman–Crippen LogP) is 3.74. The molecule has 2 rings (SSSR count). The van der Waals surface area contributed by atoms with Crippen molar-refractivity contribution in [3.8, 4) is 22.8 Å². The lowest BCUT2D eigenvalue weighted by molar-refractivity contribution is -0.114. The van der Waals surface area contributed by atoms with Crippen LogP contribution < -0.4 is 14.8 Å². The summed E-state index contributed by atoms with van der Waals surface area (Å²) < 4.78 is 10.6. The van der Waals surface area contributed by atoms with Gasteiger partial charge in [0, 0.05) is 23.4 Å². The Kier molecular flexibility index (Phi) is 5.38. The van der Waals surface area contributed by atoms with Crippen LogP contribution in [0.2, 0.25) is 0 Å². The minimum absolute atomic E-state index is 0.119. The number of rotatable bonds is 6. The van der Waals surface area contributed by atoms with E-state index < -0.39 is 0 Å². The van der Waals surface area contributed by atoms with Crippen molar-refractivity contribution in [1.82, 2.24) is 4.98 Å². The molecule has 0 saturated heterocycles. The first-order valence-electron chi connectivity index (χ1n) is 7.08. The van der Waals surface area contributed by atoms with Gasteiger partial charge in [-0.25, -0.2) is 4.98 Å². The van der Waals surface area contributed by atoms with Gasteiger partial charge in [-0.05, 0) is 18.6 Å². The Bertz CT molecular complexity index is 645. The Hall–Kier alpha value is -2.08. The molecule has 1 aromatic heterocycles. The molecule has 2 aromatic rings.